The predicted molar refractivity (Wildman–Crippen MR) is 101 cm³/mol. The molecule has 1 aromatic carbocycles. The zero-order valence-electron chi connectivity index (χ0n) is 15.8. The lowest BCUT2D eigenvalue weighted by Gasteiger charge is -2.33. The number of piperidine rings is 1. The lowest BCUT2D eigenvalue weighted by molar-refractivity contribution is -0.151. The number of rotatable bonds is 6. The van der Waals surface area contributed by atoms with E-state index in [0.717, 1.165) is 9.87 Å². The Labute approximate surface area is 164 Å². The van der Waals surface area contributed by atoms with Crippen LogP contribution in [0.15, 0.2) is 40.4 Å². The summed E-state index contributed by atoms with van der Waals surface area (Å²) < 4.78 is 32.1. The van der Waals surface area contributed by atoms with Crippen molar-refractivity contribution in [1.82, 2.24) is 4.31 Å². The molecule has 1 aliphatic rings. The maximum absolute atomic E-state index is 13.0. The Kier molecular flexibility index (Phi) is 6.94. The zero-order valence-corrected chi connectivity index (χ0v) is 16.7. The van der Waals surface area contributed by atoms with Gasteiger partial charge in [-0.1, -0.05) is 17.7 Å². The van der Waals surface area contributed by atoms with Crippen molar-refractivity contribution in [3.63, 3.8) is 0 Å². The average molecular weight is 405 g/mol. The van der Waals surface area contributed by atoms with Gasteiger partial charge in [-0.05, 0) is 45.2 Å². The SMILES string of the molecule is C/C(N)=C(/C#N)C(=O)COC(=O)C1CCCCN1S(=O)(=O)c1ccc(C)cc1. The monoisotopic (exact) mass is 405 g/mol. The molecule has 1 fully saturated rings. The van der Waals surface area contributed by atoms with E-state index in [4.69, 9.17) is 15.7 Å². The molecule has 0 radical (unpaired) electrons. The van der Waals surface area contributed by atoms with Crippen molar-refractivity contribution in [1.29, 1.82) is 5.26 Å². The summed E-state index contributed by atoms with van der Waals surface area (Å²) in [6.45, 7) is 2.77. The van der Waals surface area contributed by atoms with Crippen LogP contribution in [-0.4, -0.2) is 43.7 Å². The van der Waals surface area contributed by atoms with E-state index in [1.165, 1.54) is 19.1 Å². The molecule has 2 rings (SSSR count). The third-order valence-electron chi connectivity index (χ3n) is 4.48. The first kappa shape index (κ1) is 21.6. The Hall–Kier alpha value is -2.70. The standard InChI is InChI=1S/C19H23N3O5S/c1-13-6-8-15(9-7-13)28(25,26)22-10-4-3-5-17(22)19(24)27-12-18(23)16(11-20)14(2)21/h6-9,17H,3-5,10,12,21H2,1-2H3/b16-14+. The predicted octanol–water partition coefficient (Wildman–Crippen LogP) is 1.41. The first-order valence-electron chi connectivity index (χ1n) is 8.83. The van der Waals surface area contributed by atoms with Crippen molar-refractivity contribution < 1.29 is 22.7 Å². The molecule has 8 nitrogen and oxygen atoms in total. The fourth-order valence-corrected chi connectivity index (χ4v) is 4.60. The summed E-state index contributed by atoms with van der Waals surface area (Å²) in [5.41, 5.74) is 6.13. The number of esters is 1. The number of ketones is 1. The van der Waals surface area contributed by atoms with Gasteiger partial charge in [-0.3, -0.25) is 9.59 Å². The molecule has 150 valence electrons. The highest BCUT2D eigenvalue weighted by molar-refractivity contribution is 7.89. The summed E-state index contributed by atoms with van der Waals surface area (Å²) >= 11 is 0. The molecule has 0 aliphatic carbocycles. The smallest absolute Gasteiger partial charge is 0.324 e. The van der Waals surface area contributed by atoms with Crippen LogP contribution in [-0.2, 0) is 24.3 Å². The molecular formula is C19H23N3O5S. The van der Waals surface area contributed by atoms with Gasteiger partial charge < -0.3 is 10.5 Å². The molecule has 1 unspecified atom stereocenters. The third-order valence-corrected chi connectivity index (χ3v) is 6.41. The van der Waals surface area contributed by atoms with Crippen molar-refractivity contribution >= 4 is 21.8 Å². The maximum atomic E-state index is 13.0. The van der Waals surface area contributed by atoms with Crippen molar-refractivity contribution in [2.75, 3.05) is 13.2 Å². The molecule has 2 N–H and O–H groups in total. The number of nitrogens with zero attached hydrogens (tertiary/aromatic N) is 2. The molecule has 0 aromatic heterocycles. The van der Waals surface area contributed by atoms with Gasteiger partial charge in [-0.15, -0.1) is 0 Å². The summed E-state index contributed by atoms with van der Waals surface area (Å²) in [5.74, 6) is -1.53. The number of aryl methyl sites for hydroxylation is 1. The van der Waals surface area contributed by atoms with E-state index < -0.39 is 34.4 Å². The number of benzene rings is 1. The van der Waals surface area contributed by atoms with Crippen LogP contribution in [0.1, 0.15) is 31.7 Å². The summed E-state index contributed by atoms with van der Waals surface area (Å²) in [4.78, 5) is 24.6. The number of carbonyl (C=O) groups is 2. The molecule has 1 atom stereocenters. The Morgan fingerprint density at radius 1 is 1.29 bits per heavy atom. The van der Waals surface area contributed by atoms with Gasteiger partial charge in [0.1, 0.15) is 17.7 Å². The van der Waals surface area contributed by atoms with Crippen LogP contribution in [0, 0.1) is 18.3 Å². The number of allylic oxidation sites excluding steroid dienone is 1. The number of sulfonamides is 1. The second kappa shape index (κ2) is 8.99. The van der Waals surface area contributed by atoms with Crippen molar-refractivity contribution in [2.24, 2.45) is 5.73 Å². The summed E-state index contributed by atoms with van der Waals surface area (Å²) in [7, 11) is -3.88. The van der Waals surface area contributed by atoms with Crippen LogP contribution in [0.3, 0.4) is 0 Å². The van der Waals surface area contributed by atoms with Crippen LogP contribution >= 0.6 is 0 Å². The van der Waals surface area contributed by atoms with E-state index in [1.54, 1.807) is 18.2 Å². The van der Waals surface area contributed by atoms with Crippen molar-refractivity contribution in [3.05, 3.63) is 41.1 Å². The minimum atomic E-state index is -3.88. The van der Waals surface area contributed by atoms with E-state index in [9.17, 15) is 18.0 Å². The highest BCUT2D eigenvalue weighted by Gasteiger charge is 2.38. The largest absolute Gasteiger partial charge is 0.456 e. The molecule has 1 saturated heterocycles. The lowest BCUT2D eigenvalue weighted by Crippen LogP contribution is -2.48. The second-order valence-corrected chi connectivity index (χ2v) is 8.53. The highest BCUT2D eigenvalue weighted by Crippen LogP contribution is 2.26. The molecule has 0 spiro atoms. The number of nitriles is 1. The average Bonchev–Trinajstić information content (AvgIpc) is 2.66. The molecule has 9 heteroatoms. The number of hydrogen-bond donors (Lipinski definition) is 1. The molecule has 28 heavy (non-hydrogen) atoms. The topological polar surface area (TPSA) is 131 Å². The van der Waals surface area contributed by atoms with E-state index in [0.29, 0.717) is 19.3 Å². The maximum Gasteiger partial charge on any atom is 0.324 e. The van der Waals surface area contributed by atoms with Gasteiger partial charge in [0.05, 0.1) is 4.90 Å². The Balaban J connectivity index is 2.17. The van der Waals surface area contributed by atoms with Gasteiger partial charge in [0.25, 0.3) is 0 Å². The number of ether oxygens (including phenoxy) is 1. The van der Waals surface area contributed by atoms with Crippen LogP contribution in [0.25, 0.3) is 0 Å². The fourth-order valence-electron chi connectivity index (χ4n) is 2.95. The van der Waals surface area contributed by atoms with Crippen LogP contribution in [0.4, 0.5) is 0 Å². The normalized spacial score (nSPS) is 18.7. The Bertz CT molecular complexity index is 925. The van der Waals surface area contributed by atoms with Gasteiger partial charge in [-0.25, -0.2) is 8.42 Å². The van der Waals surface area contributed by atoms with Crippen LogP contribution < -0.4 is 5.73 Å². The van der Waals surface area contributed by atoms with Crippen LogP contribution in [0.5, 0.6) is 0 Å². The van der Waals surface area contributed by atoms with E-state index in [1.807, 2.05) is 6.92 Å². The van der Waals surface area contributed by atoms with E-state index >= 15 is 0 Å². The van der Waals surface area contributed by atoms with Crippen LogP contribution in [0.2, 0.25) is 0 Å². The minimum Gasteiger partial charge on any atom is -0.456 e. The Morgan fingerprint density at radius 2 is 1.93 bits per heavy atom. The third kappa shape index (κ3) is 4.77. The molecular weight excluding hydrogens is 382 g/mol. The first-order chi connectivity index (χ1) is 13.2. The molecule has 0 saturated carbocycles. The quantitative estimate of drug-likeness (QED) is 0.430. The molecule has 0 amide bonds. The number of carbonyl (C=O) groups excluding carboxylic acids is 2. The zero-order chi connectivity index (χ0) is 20.9. The van der Waals surface area contributed by atoms with Crippen molar-refractivity contribution in [3.8, 4) is 6.07 Å². The van der Waals surface area contributed by atoms with Gasteiger partial charge >= 0.3 is 5.97 Å². The molecule has 1 aliphatic heterocycles. The minimum absolute atomic E-state index is 0.0322. The van der Waals surface area contributed by atoms with Gasteiger partial charge in [0.15, 0.2) is 6.61 Å². The van der Waals surface area contributed by atoms with Gasteiger partial charge in [-0.2, -0.15) is 9.57 Å². The number of nitrogens with two attached hydrogens (primary N) is 1. The van der Waals surface area contributed by atoms with Gasteiger partial charge in [0.2, 0.25) is 15.8 Å². The molecule has 0 bridgehead atoms. The van der Waals surface area contributed by atoms with Crippen molar-refractivity contribution in [2.45, 2.75) is 44.0 Å². The summed E-state index contributed by atoms with van der Waals surface area (Å²) in [5, 5.41) is 8.94. The van der Waals surface area contributed by atoms with E-state index in [2.05, 4.69) is 0 Å². The van der Waals surface area contributed by atoms with Gasteiger partial charge in [0, 0.05) is 12.2 Å². The molecule has 1 heterocycles. The second-order valence-electron chi connectivity index (χ2n) is 6.64. The van der Waals surface area contributed by atoms with E-state index in [-0.39, 0.29) is 22.7 Å². The fraction of sp³-hybridized carbons (Fsp3) is 0.421. The lowest BCUT2D eigenvalue weighted by atomic mass is 10.1. The molecule has 1 aromatic rings. The number of Topliss-reactive ketones (excluding diaryl/α,β-unsaturated/α-hetero) is 1. The highest BCUT2D eigenvalue weighted by atomic mass is 32.2. The number of hydrogen-bond acceptors (Lipinski definition) is 7. The Morgan fingerprint density at radius 3 is 2.50 bits per heavy atom. The summed E-state index contributed by atoms with van der Waals surface area (Å²) in [6, 6.07) is 7.03. The first-order valence-corrected chi connectivity index (χ1v) is 10.3. The summed E-state index contributed by atoms with van der Waals surface area (Å²) in [6.07, 6.45) is 1.59.